The summed E-state index contributed by atoms with van der Waals surface area (Å²) in [7, 11) is 0. The molecule has 0 saturated carbocycles. The number of hydrogen-bond acceptors (Lipinski definition) is 2. The second-order valence-electron chi connectivity index (χ2n) is 11.0. The van der Waals surface area contributed by atoms with E-state index in [0.717, 1.165) is 55.1 Å². The van der Waals surface area contributed by atoms with E-state index in [9.17, 15) is 5.26 Å². The molecule has 6 aromatic carbocycles. The summed E-state index contributed by atoms with van der Waals surface area (Å²) in [6, 6.07) is 44.8. The van der Waals surface area contributed by atoms with Gasteiger partial charge in [-0.3, -0.25) is 0 Å². The zero-order valence-corrected chi connectivity index (χ0v) is 22.8. The molecule has 0 unspecified atom stereocenters. The van der Waals surface area contributed by atoms with Gasteiger partial charge in [0.05, 0.1) is 39.4 Å². The van der Waals surface area contributed by atoms with E-state index in [0.29, 0.717) is 5.56 Å². The molecule has 0 radical (unpaired) electrons. The van der Waals surface area contributed by atoms with Crippen molar-refractivity contribution in [1.29, 1.82) is 5.26 Å². The lowest BCUT2D eigenvalue weighted by atomic mass is 10.1. The number of aryl methyl sites for hydroxylation is 1. The number of hydrogen-bond donors (Lipinski definition) is 0. The Balaban J connectivity index is 1.39. The van der Waals surface area contributed by atoms with E-state index in [2.05, 4.69) is 113 Å². The maximum Gasteiger partial charge on any atom is 0.159 e. The first kappa shape index (κ1) is 23.0. The fraction of sp³-hybridized carbons (Fsp3) is 0.0263. The van der Waals surface area contributed by atoms with Gasteiger partial charge in [0.15, 0.2) is 5.58 Å². The van der Waals surface area contributed by atoms with Crippen LogP contribution in [0.25, 0.3) is 76.9 Å². The predicted molar refractivity (Wildman–Crippen MR) is 172 cm³/mol. The average molecular weight is 538 g/mol. The Labute approximate surface area is 240 Å². The number of fused-ring (bicyclic) bond motifs is 9. The Kier molecular flexibility index (Phi) is 4.57. The van der Waals surface area contributed by atoms with Gasteiger partial charge in [0.1, 0.15) is 5.58 Å². The van der Waals surface area contributed by atoms with E-state index in [-0.39, 0.29) is 0 Å². The molecule has 0 saturated heterocycles. The van der Waals surface area contributed by atoms with E-state index in [1.165, 1.54) is 27.4 Å². The van der Waals surface area contributed by atoms with Gasteiger partial charge >= 0.3 is 0 Å². The monoisotopic (exact) mass is 537 g/mol. The standard InChI is InChI=1S/C38H23N3O/c1-23-14-16-28-26-8-2-5-11-32(26)40(35(28)18-23)25-15-17-34-30(21-25)27-9-3-6-12-33(27)41(34)36-20-24(22-39)19-31-29-10-4-7-13-37(29)42-38(31)36/h2-21H,1H3. The quantitative estimate of drug-likeness (QED) is 0.220. The van der Waals surface area contributed by atoms with Crippen molar-refractivity contribution in [2.75, 3.05) is 0 Å². The number of rotatable bonds is 2. The van der Waals surface area contributed by atoms with Crippen molar-refractivity contribution in [3.05, 3.63) is 132 Å². The SMILES string of the molecule is Cc1ccc2c3ccccc3n(-c3ccc4c(c3)c3ccccc3n4-c3cc(C#N)cc4c3oc3ccccc34)c2c1. The van der Waals surface area contributed by atoms with Crippen molar-refractivity contribution in [3.8, 4) is 17.4 Å². The minimum Gasteiger partial charge on any atom is -0.454 e. The lowest BCUT2D eigenvalue weighted by Gasteiger charge is -2.11. The highest BCUT2D eigenvalue weighted by molar-refractivity contribution is 6.14. The third kappa shape index (κ3) is 3.05. The Bertz CT molecular complexity index is 2600. The summed E-state index contributed by atoms with van der Waals surface area (Å²) in [6.07, 6.45) is 0. The molecule has 9 rings (SSSR count). The molecule has 3 aromatic heterocycles. The molecule has 196 valence electrons. The number of para-hydroxylation sites is 3. The maximum atomic E-state index is 10.00. The Morgan fingerprint density at radius 2 is 1.21 bits per heavy atom. The summed E-state index contributed by atoms with van der Waals surface area (Å²) in [5.41, 5.74) is 9.93. The van der Waals surface area contributed by atoms with E-state index in [1.807, 2.05) is 30.3 Å². The van der Waals surface area contributed by atoms with E-state index < -0.39 is 0 Å². The molecule has 0 atom stereocenters. The van der Waals surface area contributed by atoms with Crippen LogP contribution in [0.2, 0.25) is 0 Å². The molecule has 4 nitrogen and oxygen atoms in total. The zero-order chi connectivity index (χ0) is 27.9. The number of nitrogens with zero attached hydrogens (tertiary/aromatic N) is 3. The summed E-state index contributed by atoms with van der Waals surface area (Å²) in [5.74, 6) is 0. The van der Waals surface area contributed by atoms with Crippen LogP contribution in [0.15, 0.2) is 126 Å². The van der Waals surface area contributed by atoms with Crippen LogP contribution in [-0.2, 0) is 0 Å². The lowest BCUT2D eigenvalue weighted by molar-refractivity contribution is 0.666. The van der Waals surface area contributed by atoms with Crippen molar-refractivity contribution in [1.82, 2.24) is 9.13 Å². The molecular formula is C38H23N3O. The molecule has 0 bridgehead atoms. The zero-order valence-electron chi connectivity index (χ0n) is 22.8. The molecular weight excluding hydrogens is 514 g/mol. The molecule has 3 heterocycles. The molecule has 0 aliphatic rings. The third-order valence-electron chi connectivity index (χ3n) is 8.57. The largest absolute Gasteiger partial charge is 0.454 e. The Morgan fingerprint density at radius 3 is 2.02 bits per heavy atom. The molecule has 4 heteroatoms. The summed E-state index contributed by atoms with van der Waals surface area (Å²) >= 11 is 0. The van der Waals surface area contributed by atoms with Gasteiger partial charge in [0.2, 0.25) is 0 Å². The molecule has 0 aliphatic carbocycles. The van der Waals surface area contributed by atoms with Crippen molar-refractivity contribution in [2.45, 2.75) is 6.92 Å². The lowest BCUT2D eigenvalue weighted by Crippen LogP contribution is -1.97. The van der Waals surface area contributed by atoms with Crippen molar-refractivity contribution >= 4 is 65.6 Å². The third-order valence-corrected chi connectivity index (χ3v) is 8.57. The number of nitriles is 1. The first-order chi connectivity index (χ1) is 20.7. The first-order valence-electron chi connectivity index (χ1n) is 14.1. The van der Waals surface area contributed by atoms with Crippen LogP contribution in [0, 0.1) is 18.3 Å². The highest BCUT2D eigenvalue weighted by atomic mass is 16.3. The van der Waals surface area contributed by atoms with Crippen molar-refractivity contribution in [3.63, 3.8) is 0 Å². The second kappa shape index (κ2) is 8.36. The van der Waals surface area contributed by atoms with Crippen LogP contribution in [0.5, 0.6) is 0 Å². The van der Waals surface area contributed by atoms with Crippen molar-refractivity contribution < 1.29 is 4.42 Å². The smallest absolute Gasteiger partial charge is 0.159 e. The van der Waals surface area contributed by atoms with Crippen LogP contribution in [-0.4, -0.2) is 9.13 Å². The van der Waals surface area contributed by atoms with Crippen LogP contribution >= 0.6 is 0 Å². The summed E-state index contributed by atoms with van der Waals surface area (Å²) in [4.78, 5) is 0. The fourth-order valence-electron chi connectivity index (χ4n) is 6.76. The van der Waals surface area contributed by atoms with Crippen LogP contribution < -0.4 is 0 Å². The van der Waals surface area contributed by atoms with Gasteiger partial charge in [-0.15, -0.1) is 0 Å². The van der Waals surface area contributed by atoms with Crippen molar-refractivity contribution in [2.24, 2.45) is 0 Å². The maximum absolute atomic E-state index is 10.00. The van der Waals surface area contributed by atoms with Crippen LogP contribution in [0.4, 0.5) is 0 Å². The molecule has 42 heavy (non-hydrogen) atoms. The Morgan fingerprint density at radius 1 is 0.548 bits per heavy atom. The number of aromatic nitrogens is 2. The topological polar surface area (TPSA) is 46.8 Å². The summed E-state index contributed by atoms with van der Waals surface area (Å²) in [6.45, 7) is 2.15. The van der Waals surface area contributed by atoms with Gasteiger partial charge in [-0.05, 0) is 67.1 Å². The molecule has 0 spiro atoms. The van der Waals surface area contributed by atoms with E-state index in [1.54, 1.807) is 0 Å². The summed E-state index contributed by atoms with van der Waals surface area (Å²) < 4.78 is 11.1. The fourth-order valence-corrected chi connectivity index (χ4v) is 6.76. The number of benzene rings is 6. The van der Waals surface area contributed by atoms with Gasteiger partial charge < -0.3 is 13.6 Å². The van der Waals surface area contributed by atoms with Gasteiger partial charge in [-0.25, -0.2) is 0 Å². The van der Waals surface area contributed by atoms with Gasteiger partial charge in [-0.1, -0.05) is 66.7 Å². The first-order valence-corrected chi connectivity index (χ1v) is 14.1. The van der Waals surface area contributed by atoms with Gasteiger partial charge in [-0.2, -0.15) is 5.26 Å². The number of furan rings is 1. The highest BCUT2D eigenvalue weighted by Crippen LogP contribution is 2.40. The summed E-state index contributed by atoms with van der Waals surface area (Å²) in [5, 5.41) is 16.7. The Hall–Kier alpha value is -5.79. The molecule has 0 amide bonds. The molecule has 0 aliphatic heterocycles. The van der Waals surface area contributed by atoms with Gasteiger partial charge in [0, 0.05) is 38.0 Å². The normalized spacial score (nSPS) is 11.9. The van der Waals surface area contributed by atoms with Crippen LogP contribution in [0.3, 0.4) is 0 Å². The minimum atomic E-state index is 0.604. The highest BCUT2D eigenvalue weighted by Gasteiger charge is 2.20. The van der Waals surface area contributed by atoms with Gasteiger partial charge in [0.25, 0.3) is 0 Å². The minimum absolute atomic E-state index is 0.604. The molecule has 0 N–H and O–H groups in total. The molecule has 9 aromatic rings. The predicted octanol–water partition coefficient (Wildman–Crippen LogP) is 9.96. The van der Waals surface area contributed by atoms with E-state index >= 15 is 0 Å². The van der Waals surface area contributed by atoms with Crippen LogP contribution in [0.1, 0.15) is 11.1 Å². The second-order valence-corrected chi connectivity index (χ2v) is 11.0. The molecule has 0 fully saturated rings. The average Bonchev–Trinajstić information content (AvgIpc) is 3.67. The van der Waals surface area contributed by atoms with E-state index in [4.69, 9.17) is 4.42 Å².